The van der Waals surface area contributed by atoms with E-state index in [2.05, 4.69) is 5.32 Å². The Morgan fingerprint density at radius 2 is 1.75 bits per heavy atom. The number of amides is 2. The van der Waals surface area contributed by atoms with E-state index in [4.69, 9.17) is 11.6 Å². The number of fused-ring (bicyclic) bond motifs is 1. The second-order valence-corrected chi connectivity index (χ2v) is 7.56. The van der Waals surface area contributed by atoms with Crippen LogP contribution in [0.15, 0.2) is 42.5 Å². The van der Waals surface area contributed by atoms with Crippen molar-refractivity contribution in [2.45, 2.75) is 31.2 Å². The smallest absolute Gasteiger partial charge is 0.282 e. The van der Waals surface area contributed by atoms with Gasteiger partial charge in [-0.1, -0.05) is 42.6 Å². The molecule has 1 saturated carbocycles. The van der Waals surface area contributed by atoms with Gasteiger partial charge in [-0.05, 0) is 36.6 Å². The number of nitro benzene ring substituents is 1. The highest BCUT2D eigenvalue weighted by molar-refractivity contribution is 6.30. The molecular weight excluding hydrogens is 382 g/mol. The zero-order chi connectivity index (χ0) is 19.9. The number of benzene rings is 2. The normalized spacial score (nSPS) is 17.8. The summed E-state index contributed by atoms with van der Waals surface area (Å²) >= 11 is 6.00. The van der Waals surface area contributed by atoms with Gasteiger partial charge in [0, 0.05) is 16.6 Å². The lowest BCUT2D eigenvalue weighted by Gasteiger charge is -2.33. The Hall–Kier alpha value is -2.77. The molecule has 28 heavy (non-hydrogen) atoms. The highest BCUT2D eigenvalue weighted by Gasteiger charge is 2.43. The maximum Gasteiger partial charge on any atom is 0.282 e. The lowest BCUT2D eigenvalue weighted by atomic mass is 9.88. The number of nitro groups is 1. The molecule has 1 heterocycles. The lowest BCUT2D eigenvalue weighted by Crippen LogP contribution is -2.48. The number of hydrogen-bond acceptors (Lipinski definition) is 5. The molecule has 0 radical (unpaired) electrons. The van der Waals surface area contributed by atoms with Gasteiger partial charge in [-0.15, -0.1) is 0 Å². The van der Waals surface area contributed by atoms with Crippen LogP contribution in [-0.2, 0) is 5.54 Å². The first-order valence-corrected chi connectivity index (χ1v) is 9.45. The topological polar surface area (TPSA) is 92.5 Å². The Bertz CT molecular complexity index is 968. The van der Waals surface area contributed by atoms with E-state index in [1.165, 1.54) is 18.2 Å². The van der Waals surface area contributed by atoms with E-state index < -0.39 is 16.7 Å². The third-order valence-electron chi connectivity index (χ3n) is 5.60. The van der Waals surface area contributed by atoms with Gasteiger partial charge in [0.2, 0.25) is 0 Å². The molecule has 0 atom stereocenters. The molecule has 7 nitrogen and oxygen atoms in total. The molecular formula is C20H18ClN3O4. The van der Waals surface area contributed by atoms with Crippen molar-refractivity contribution in [1.29, 1.82) is 0 Å². The van der Waals surface area contributed by atoms with Crippen LogP contribution in [0.5, 0.6) is 0 Å². The quantitative estimate of drug-likeness (QED) is 0.468. The van der Waals surface area contributed by atoms with Crippen molar-refractivity contribution in [3.05, 3.63) is 74.3 Å². The first-order chi connectivity index (χ1) is 13.4. The summed E-state index contributed by atoms with van der Waals surface area (Å²) < 4.78 is 0. The first-order valence-electron chi connectivity index (χ1n) is 9.08. The van der Waals surface area contributed by atoms with Gasteiger partial charge in [0.25, 0.3) is 17.5 Å². The van der Waals surface area contributed by atoms with Crippen LogP contribution < -0.4 is 5.32 Å². The molecule has 0 bridgehead atoms. The second kappa shape index (κ2) is 7.00. The predicted octanol–water partition coefficient (Wildman–Crippen LogP) is 3.86. The molecule has 8 heteroatoms. The van der Waals surface area contributed by atoms with Gasteiger partial charge in [0.1, 0.15) is 5.56 Å². The summed E-state index contributed by atoms with van der Waals surface area (Å²) in [6.07, 6.45) is 3.81. The molecule has 2 aliphatic rings. The van der Waals surface area contributed by atoms with Crippen molar-refractivity contribution in [2.24, 2.45) is 0 Å². The summed E-state index contributed by atoms with van der Waals surface area (Å²) in [7, 11) is 0. The molecule has 144 valence electrons. The average molecular weight is 400 g/mol. The van der Waals surface area contributed by atoms with Gasteiger partial charge < -0.3 is 0 Å². The third kappa shape index (κ3) is 2.96. The fraction of sp³-hybridized carbons (Fsp3) is 0.300. The standard InChI is InChI=1S/C20H18ClN3O4/c21-14-8-6-13(7-9-14)20(10-1-2-11-20)22-12-23-18(25)15-4-3-5-16(24(27)28)17(15)19(23)26/h3-9,22H,1-2,10-12H2. The van der Waals surface area contributed by atoms with E-state index >= 15 is 0 Å². The summed E-state index contributed by atoms with van der Waals surface area (Å²) in [4.78, 5) is 37.1. The Labute approximate surface area is 166 Å². The molecule has 1 N–H and O–H groups in total. The van der Waals surface area contributed by atoms with Crippen molar-refractivity contribution in [3.8, 4) is 0 Å². The number of halogens is 1. The number of nitrogens with one attached hydrogen (secondary N) is 1. The van der Waals surface area contributed by atoms with E-state index in [-0.39, 0.29) is 29.0 Å². The SMILES string of the molecule is O=C1c2cccc([N+](=O)[O-])c2C(=O)N1CNC1(c2ccc(Cl)cc2)CCCC1. The van der Waals surface area contributed by atoms with Gasteiger partial charge in [0.15, 0.2) is 0 Å². The minimum atomic E-state index is -0.635. The molecule has 2 amide bonds. The maximum absolute atomic E-state index is 12.8. The van der Waals surface area contributed by atoms with Crippen LogP contribution in [0.3, 0.4) is 0 Å². The fourth-order valence-electron chi connectivity index (χ4n) is 4.16. The van der Waals surface area contributed by atoms with E-state index in [1.54, 1.807) is 0 Å². The number of hydrogen-bond donors (Lipinski definition) is 1. The fourth-order valence-corrected chi connectivity index (χ4v) is 4.28. The molecule has 1 aliphatic carbocycles. The van der Waals surface area contributed by atoms with Gasteiger partial charge >= 0.3 is 0 Å². The molecule has 0 saturated heterocycles. The van der Waals surface area contributed by atoms with Crippen molar-refractivity contribution in [1.82, 2.24) is 10.2 Å². The Kier molecular flexibility index (Phi) is 4.64. The average Bonchev–Trinajstić information content (AvgIpc) is 3.25. The molecule has 0 aromatic heterocycles. The van der Waals surface area contributed by atoms with Crippen LogP contribution >= 0.6 is 11.6 Å². The van der Waals surface area contributed by atoms with Gasteiger partial charge in [-0.3, -0.25) is 29.9 Å². The van der Waals surface area contributed by atoms with Gasteiger partial charge in [0.05, 0.1) is 17.2 Å². The largest absolute Gasteiger partial charge is 0.290 e. The highest BCUT2D eigenvalue weighted by Crippen LogP contribution is 2.39. The van der Waals surface area contributed by atoms with E-state index in [1.807, 2.05) is 24.3 Å². The molecule has 1 fully saturated rings. The summed E-state index contributed by atoms with van der Waals surface area (Å²) in [5.74, 6) is -1.15. The van der Waals surface area contributed by atoms with Crippen LogP contribution in [0, 0.1) is 10.1 Å². The third-order valence-corrected chi connectivity index (χ3v) is 5.86. The number of nitrogens with zero attached hydrogens (tertiary/aromatic N) is 2. The summed E-state index contributed by atoms with van der Waals surface area (Å²) in [6, 6.07) is 11.7. The van der Waals surface area contributed by atoms with Crippen molar-refractivity contribution in [2.75, 3.05) is 6.67 Å². The summed E-state index contributed by atoms with van der Waals surface area (Å²) in [5, 5.41) is 15.3. The number of carbonyl (C=O) groups is 2. The Balaban J connectivity index is 1.60. The molecule has 2 aromatic rings. The maximum atomic E-state index is 12.8. The molecule has 4 rings (SSSR count). The zero-order valence-electron chi connectivity index (χ0n) is 15.0. The molecule has 0 spiro atoms. The van der Waals surface area contributed by atoms with Gasteiger partial charge in [-0.25, -0.2) is 0 Å². The lowest BCUT2D eigenvalue weighted by molar-refractivity contribution is -0.385. The van der Waals surface area contributed by atoms with E-state index in [9.17, 15) is 19.7 Å². The van der Waals surface area contributed by atoms with E-state index in [0.29, 0.717) is 5.02 Å². The highest BCUT2D eigenvalue weighted by atomic mass is 35.5. The summed E-state index contributed by atoms with van der Waals surface area (Å²) in [5.41, 5.74) is 0.300. The van der Waals surface area contributed by atoms with Crippen LogP contribution in [0.4, 0.5) is 5.69 Å². The molecule has 1 aliphatic heterocycles. The second-order valence-electron chi connectivity index (χ2n) is 7.13. The Morgan fingerprint density at radius 3 is 2.39 bits per heavy atom. The monoisotopic (exact) mass is 399 g/mol. The summed E-state index contributed by atoms with van der Waals surface area (Å²) in [6.45, 7) is -0.00781. The predicted molar refractivity (Wildman–Crippen MR) is 103 cm³/mol. The minimum Gasteiger partial charge on any atom is -0.290 e. The minimum absolute atomic E-state index is 0.00781. The van der Waals surface area contributed by atoms with Crippen LogP contribution in [0.1, 0.15) is 52.0 Å². The zero-order valence-corrected chi connectivity index (χ0v) is 15.7. The van der Waals surface area contributed by atoms with Crippen molar-refractivity contribution < 1.29 is 14.5 Å². The van der Waals surface area contributed by atoms with Gasteiger partial charge in [-0.2, -0.15) is 0 Å². The number of rotatable bonds is 5. The van der Waals surface area contributed by atoms with Crippen molar-refractivity contribution >= 4 is 29.1 Å². The van der Waals surface area contributed by atoms with Crippen LogP contribution in [-0.4, -0.2) is 28.3 Å². The molecule has 0 unspecified atom stereocenters. The number of carbonyl (C=O) groups excluding carboxylic acids is 2. The Morgan fingerprint density at radius 1 is 1.07 bits per heavy atom. The van der Waals surface area contributed by atoms with Crippen molar-refractivity contribution in [3.63, 3.8) is 0 Å². The number of imide groups is 1. The first kappa shape index (κ1) is 18.6. The van der Waals surface area contributed by atoms with Crippen LogP contribution in [0.2, 0.25) is 5.02 Å². The molecule has 2 aromatic carbocycles. The van der Waals surface area contributed by atoms with Crippen LogP contribution in [0.25, 0.3) is 0 Å². The van der Waals surface area contributed by atoms with E-state index in [0.717, 1.165) is 36.1 Å².